The molecule has 3 N–H and O–H groups in total. The van der Waals surface area contributed by atoms with Crippen molar-refractivity contribution in [3.8, 4) is 0 Å². The van der Waals surface area contributed by atoms with E-state index in [9.17, 15) is 0 Å². The summed E-state index contributed by atoms with van der Waals surface area (Å²) in [6.45, 7) is 13.9. The van der Waals surface area contributed by atoms with E-state index in [1.54, 1.807) is 0 Å². The molecule has 0 aromatic rings. The van der Waals surface area contributed by atoms with E-state index in [0.717, 1.165) is 25.1 Å². The van der Waals surface area contributed by atoms with Gasteiger partial charge in [0.25, 0.3) is 0 Å². The Morgan fingerprint density at radius 2 is 1.88 bits per heavy atom. The van der Waals surface area contributed by atoms with Gasteiger partial charge in [0, 0.05) is 23.7 Å². The van der Waals surface area contributed by atoms with Crippen LogP contribution in [0.15, 0.2) is 12.3 Å². The minimum absolute atomic E-state index is 0.0110. The van der Waals surface area contributed by atoms with Gasteiger partial charge in [0.15, 0.2) is 0 Å². The molecule has 2 heteroatoms. The van der Waals surface area contributed by atoms with E-state index in [1.165, 1.54) is 19.3 Å². The molecule has 1 unspecified atom stereocenters. The molecule has 0 aliphatic carbocycles. The maximum Gasteiger partial charge on any atom is 0.0189 e. The fourth-order valence-electron chi connectivity index (χ4n) is 1.70. The summed E-state index contributed by atoms with van der Waals surface area (Å²) in [6.07, 6.45) is 5.97. The molecule has 0 aliphatic heterocycles. The van der Waals surface area contributed by atoms with Gasteiger partial charge in [-0.1, -0.05) is 53.5 Å². The van der Waals surface area contributed by atoms with Gasteiger partial charge >= 0.3 is 0 Å². The normalized spacial score (nSPS) is 13.6. The summed E-state index contributed by atoms with van der Waals surface area (Å²) in [6, 6.07) is 0.205. The van der Waals surface area contributed by atoms with Crippen LogP contribution in [0, 0.1) is 5.41 Å². The summed E-state index contributed by atoms with van der Waals surface area (Å²) in [7, 11) is 0. The molecule has 0 aromatic heterocycles. The largest absolute Gasteiger partial charge is 0.388 e. The highest BCUT2D eigenvalue weighted by atomic mass is 14.9. The van der Waals surface area contributed by atoms with Gasteiger partial charge in [-0.25, -0.2) is 0 Å². The molecule has 0 saturated carbocycles. The van der Waals surface area contributed by atoms with Crippen LogP contribution in [0.5, 0.6) is 0 Å². The molecule has 0 bridgehead atoms. The fourth-order valence-corrected chi connectivity index (χ4v) is 1.70. The summed E-state index contributed by atoms with van der Waals surface area (Å²) < 4.78 is 0. The lowest BCUT2D eigenvalue weighted by molar-refractivity contribution is 0.306. The lowest BCUT2D eigenvalue weighted by Crippen LogP contribution is -2.42. The van der Waals surface area contributed by atoms with Gasteiger partial charge < -0.3 is 11.1 Å². The maximum atomic E-state index is 6.26. The van der Waals surface area contributed by atoms with Crippen molar-refractivity contribution in [2.75, 3.05) is 6.54 Å². The Hall–Kier alpha value is -0.500. The van der Waals surface area contributed by atoms with Crippen LogP contribution >= 0.6 is 0 Å². The predicted molar refractivity (Wildman–Crippen MR) is 73.3 cm³/mol. The first-order valence-electron chi connectivity index (χ1n) is 6.65. The Balaban J connectivity index is 4.11. The minimum atomic E-state index is -0.0110. The minimum Gasteiger partial charge on any atom is -0.388 e. The van der Waals surface area contributed by atoms with Crippen molar-refractivity contribution in [3.63, 3.8) is 0 Å². The van der Waals surface area contributed by atoms with E-state index < -0.39 is 0 Å². The molecule has 0 heterocycles. The standard InChI is InChI=1S/C14H30N2/c1-6-8-9-10-13(15)14(4,5)12(3)16-11-7-2/h13,16H,3,6-11,15H2,1-2,4-5H3. The average Bonchev–Trinajstić information content (AvgIpc) is 2.25. The molecule has 0 rings (SSSR count). The van der Waals surface area contributed by atoms with E-state index >= 15 is 0 Å². The van der Waals surface area contributed by atoms with Crippen LogP contribution in [0.3, 0.4) is 0 Å². The van der Waals surface area contributed by atoms with Crippen LogP contribution in [0.1, 0.15) is 59.8 Å². The third-order valence-electron chi connectivity index (χ3n) is 3.41. The first-order chi connectivity index (χ1) is 7.46. The first kappa shape index (κ1) is 15.5. The van der Waals surface area contributed by atoms with Crippen molar-refractivity contribution in [1.29, 1.82) is 0 Å². The highest BCUT2D eigenvalue weighted by Gasteiger charge is 2.28. The Kier molecular flexibility index (Phi) is 7.48. The van der Waals surface area contributed by atoms with E-state index in [4.69, 9.17) is 5.73 Å². The van der Waals surface area contributed by atoms with Gasteiger partial charge in [-0.05, 0) is 12.8 Å². The van der Waals surface area contributed by atoms with Crippen LogP contribution in [-0.4, -0.2) is 12.6 Å². The Morgan fingerprint density at radius 3 is 2.38 bits per heavy atom. The number of nitrogens with one attached hydrogen (secondary N) is 1. The molecule has 0 saturated heterocycles. The summed E-state index contributed by atoms with van der Waals surface area (Å²) >= 11 is 0. The van der Waals surface area contributed by atoms with Crippen LogP contribution < -0.4 is 11.1 Å². The first-order valence-corrected chi connectivity index (χ1v) is 6.65. The van der Waals surface area contributed by atoms with Crippen molar-refractivity contribution < 1.29 is 0 Å². The Labute approximate surface area is 102 Å². The van der Waals surface area contributed by atoms with Gasteiger partial charge in [-0.3, -0.25) is 0 Å². The Morgan fingerprint density at radius 1 is 1.25 bits per heavy atom. The molecule has 0 fully saturated rings. The molecular formula is C14H30N2. The molecule has 0 aromatic carbocycles. The maximum absolute atomic E-state index is 6.26. The third kappa shape index (κ3) is 5.02. The summed E-state index contributed by atoms with van der Waals surface area (Å²) in [5, 5.41) is 3.37. The second-order valence-electron chi connectivity index (χ2n) is 5.23. The van der Waals surface area contributed by atoms with Crippen molar-refractivity contribution >= 4 is 0 Å². The molecule has 96 valence electrons. The zero-order valence-electron chi connectivity index (χ0n) is 11.6. The lowest BCUT2D eigenvalue weighted by atomic mass is 9.79. The lowest BCUT2D eigenvalue weighted by Gasteiger charge is -2.34. The highest BCUT2D eigenvalue weighted by Crippen LogP contribution is 2.29. The highest BCUT2D eigenvalue weighted by molar-refractivity contribution is 5.09. The monoisotopic (exact) mass is 226 g/mol. The molecule has 0 spiro atoms. The Bertz CT molecular complexity index is 197. The molecule has 0 aliphatic rings. The van der Waals surface area contributed by atoms with Gasteiger partial charge in [0.05, 0.1) is 0 Å². The van der Waals surface area contributed by atoms with Gasteiger partial charge in [-0.2, -0.15) is 0 Å². The van der Waals surface area contributed by atoms with Gasteiger partial charge in [0.2, 0.25) is 0 Å². The van der Waals surface area contributed by atoms with Crippen LogP contribution in [-0.2, 0) is 0 Å². The van der Waals surface area contributed by atoms with Gasteiger partial charge in [0.1, 0.15) is 0 Å². The second kappa shape index (κ2) is 7.72. The third-order valence-corrected chi connectivity index (χ3v) is 3.41. The van der Waals surface area contributed by atoms with E-state index in [-0.39, 0.29) is 11.5 Å². The van der Waals surface area contributed by atoms with Crippen molar-refractivity contribution in [2.45, 2.75) is 65.8 Å². The predicted octanol–water partition coefficient (Wildman–Crippen LogP) is 3.43. The van der Waals surface area contributed by atoms with Crippen LogP contribution in [0.25, 0.3) is 0 Å². The number of unbranched alkanes of at least 4 members (excludes halogenated alkanes) is 2. The summed E-state index contributed by atoms with van der Waals surface area (Å²) in [5.41, 5.74) is 7.33. The molecule has 16 heavy (non-hydrogen) atoms. The number of nitrogens with two attached hydrogens (primary N) is 1. The van der Waals surface area contributed by atoms with Crippen LogP contribution in [0.4, 0.5) is 0 Å². The topological polar surface area (TPSA) is 38.0 Å². The fraction of sp³-hybridized carbons (Fsp3) is 0.857. The summed E-state index contributed by atoms with van der Waals surface area (Å²) in [5.74, 6) is 0. The molecule has 1 atom stereocenters. The van der Waals surface area contributed by atoms with E-state index in [1.807, 2.05) is 0 Å². The SMILES string of the molecule is C=C(NCCC)C(C)(C)C(N)CCCCC. The van der Waals surface area contributed by atoms with E-state index in [2.05, 4.69) is 39.6 Å². The van der Waals surface area contributed by atoms with Gasteiger partial charge in [-0.15, -0.1) is 0 Å². The number of hydrogen-bond donors (Lipinski definition) is 2. The van der Waals surface area contributed by atoms with Crippen molar-refractivity contribution in [1.82, 2.24) is 5.32 Å². The summed E-state index contributed by atoms with van der Waals surface area (Å²) in [4.78, 5) is 0. The smallest absolute Gasteiger partial charge is 0.0189 e. The number of hydrogen-bond acceptors (Lipinski definition) is 2. The molecular weight excluding hydrogens is 196 g/mol. The molecule has 2 nitrogen and oxygen atoms in total. The van der Waals surface area contributed by atoms with Crippen molar-refractivity contribution in [3.05, 3.63) is 12.3 Å². The average molecular weight is 226 g/mol. The second-order valence-corrected chi connectivity index (χ2v) is 5.23. The zero-order chi connectivity index (χ0) is 12.6. The zero-order valence-corrected chi connectivity index (χ0v) is 11.6. The van der Waals surface area contributed by atoms with Crippen molar-refractivity contribution in [2.24, 2.45) is 11.1 Å². The number of rotatable bonds is 9. The van der Waals surface area contributed by atoms with E-state index in [0.29, 0.717) is 0 Å². The van der Waals surface area contributed by atoms with Crippen LogP contribution in [0.2, 0.25) is 0 Å². The quantitative estimate of drug-likeness (QED) is 0.591. The molecule has 0 radical (unpaired) electrons. The molecule has 0 amide bonds.